The summed E-state index contributed by atoms with van der Waals surface area (Å²) < 4.78 is 28.1. The molecule has 8 nitrogen and oxygen atoms in total. The molecule has 2 aromatic rings. The van der Waals surface area contributed by atoms with Crippen LogP contribution in [0.3, 0.4) is 0 Å². The summed E-state index contributed by atoms with van der Waals surface area (Å²) in [6.07, 6.45) is -0.197. The molecule has 2 heterocycles. The number of halogens is 1. The van der Waals surface area contributed by atoms with Gasteiger partial charge in [0.15, 0.2) is 0 Å². The Balaban J connectivity index is 1.85. The zero-order valence-corrected chi connectivity index (χ0v) is 12.7. The molecule has 10 heteroatoms. The standard InChI is InChI=1S/C12H11ClN4O4S/c13-8-3-1-7(2-4-8)11-15-16-12(21-11)17-6-9(5-10(17)18)22(14,19)20/h1-4,9H,5-6H2,(H2,14,19,20). The van der Waals surface area contributed by atoms with Gasteiger partial charge in [-0.15, -0.1) is 5.10 Å². The maximum Gasteiger partial charge on any atom is 0.325 e. The van der Waals surface area contributed by atoms with E-state index in [1.807, 2.05) is 0 Å². The lowest BCUT2D eigenvalue weighted by atomic mass is 10.2. The highest BCUT2D eigenvalue weighted by molar-refractivity contribution is 7.89. The van der Waals surface area contributed by atoms with Crippen LogP contribution in [0.5, 0.6) is 0 Å². The van der Waals surface area contributed by atoms with Gasteiger partial charge in [-0.3, -0.25) is 9.69 Å². The molecule has 22 heavy (non-hydrogen) atoms. The number of aromatic nitrogens is 2. The van der Waals surface area contributed by atoms with Gasteiger partial charge in [0.25, 0.3) is 0 Å². The summed E-state index contributed by atoms with van der Waals surface area (Å²) in [5.74, 6) is -0.219. The van der Waals surface area contributed by atoms with Crippen LogP contribution in [-0.4, -0.2) is 36.3 Å². The Kier molecular flexibility index (Phi) is 3.63. The molecule has 1 atom stereocenters. The van der Waals surface area contributed by atoms with Gasteiger partial charge in [-0.1, -0.05) is 16.7 Å². The predicted octanol–water partition coefficient (Wildman–Crippen LogP) is 0.784. The number of primary sulfonamides is 1. The van der Waals surface area contributed by atoms with Crippen molar-refractivity contribution in [3.05, 3.63) is 29.3 Å². The first kappa shape index (κ1) is 14.9. The largest absolute Gasteiger partial charge is 0.403 e. The molecule has 3 rings (SSSR count). The fourth-order valence-corrected chi connectivity index (χ4v) is 2.97. The van der Waals surface area contributed by atoms with Crippen molar-refractivity contribution in [2.24, 2.45) is 5.14 Å². The minimum Gasteiger partial charge on any atom is -0.403 e. The highest BCUT2D eigenvalue weighted by atomic mass is 35.5. The van der Waals surface area contributed by atoms with Gasteiger partial charge in [0.1, 0.15) is 5.25 Å². The Morgan fingerprint density at radius 2 is 1.95 bits per heavy atom. The normalized spacial score (nSPS) is 18.9. The van der Waals surface area contributed by atoms with E-state index in [1.54, 1.807) is 24.3 Å². The SMILES string of the molecule is NS(=O)(=O)C1CC(=O)N(c2nnc(-c3ccc(Cl)cc3)o2)C1. The average molecular weight is 343 g/mol. The molecular weight excluding hydrogens is 332 g/mol. The van der Waals surface area contributed by atoms with Gasteiger partial charge in [-0.05, 0) is 24.3 Å². The number of carbonyl (C=O) groups is 1. The molecule has 1 aromatic carbocycles. The van der Waals surface area contributed by atoms with Gasteiger partial charge in [-0.2, -0.15) is 0 Å². The molecule has 1 unspecified atom stereocenters. The molecule has 2 N–H and O–H groups in total. The van der Waals surface area contributed by atoms with Crippen molar-refractivity contribution in [1.29, 1.82) is 0 Å². The number of sulfonamides is 1. The minimum absolute atomic E-state index is 0.0545. The summed E-state index contributed by atoms with van der Waals surface area (Å²) in [4.78, 5) is 13.0. The van der Waals surface area contributed by atoms with Crippen LogP contribution in [0.15, 0.2) is 28.7 Å². The Bertz CT molecular complexity index is 818. The average Bonchev–Trinajstić information content (AvgIpc) is 3.05. The van der Waals surface area contributed by atoms with Crippen LogP contribution < -0.4 is 10.0 Å². The number of hydrogen-bond donors (Lipinski definition) is 1. The monoisotopic (exact) mass is 342 g/mol. The van der Waals surface area contributed by atoms with Crippen molar-refractivity contribution >= 4 is 33.5 Å². The Morgan fingerprint density at radius 3 is 2.55 bits per heavy atom. The number of anilines is 1. The first-order valence-corrected chi connectivity index (χ1v) is 8.25. The van der Waals surface area contributed by atoms with E-state index in [0.29, 0.717) is 10.6 Å². The maximum absolute atomic E-state index is 11.9. The number of nitrogens with two attached hydrogens (primary N) is 1. The zero-order chi connectivity index (χ0) is 15.9. The van der Waals surface area contributed by atoms with Gasteiger partial charge in [0.2, 0.25) is 21.8 Å². The summed E-state index contributed by atoms with van der Waals surface area (Å²) >= 11 is 5.80. The molecule has 1 aliphatic rings. The first-order chi connectivity index (χ1) is 10.3. The highest BCUT2D eigenvalue weighted by Crippen LogP contribution is 2.27. The van der Waals surface area contributed by atoms with Crippen LogP contribution in [0.2, 0.25) is 5.02 Å². The summed E-state index contributed by atoms with van der Waals surface area (Å²) in [6.45, 7) is -0.0973. The quantitative estimate of drug-likeness (QED) is 0.880. The molecule has 1 amide bonds. The zero-order valence-electron chi connectivity index (χ0n) is 11.1. The lowest BCUT2D eigenvalue weighted by Gasteiger charge is -2.09. The van der Waals surface area contributed by atoms with Crippen LogP contribution >= 0.6 is 11.6 Å². The van der Waals surface area contributed by atoms with E-state index in [-0.39, 0.29) is 24.9 Å². The van der Waals surface area contributed by atoms with Gasteiger partial charge < -0.3 is 4.42 Å². The third-order valence-corrected chi connectivity index (χ3v) is 4.79. The summed E-state index contributed by atoms with van der Waals surface area (Å²) in [6, 6.07) is 6.66. The number of carbonyl (C=O) groups excluding carboxylic acids is 1. The van der Waals surface area contributed by atoms with E-state index in [0.717, 1.165) is 4.90 Å². The van der Waals surface area contributed by atoms with Crippen molar-refractivity contribution in [1.82, 2.24) is 10.2 Å². The lowest BCUT2D eigenvalue weighted by molar-refractivity contribution is -0.117. The highest BCUT2D eigenvalue weighted by Gasteiger charge is 2.39. The van der Waals surface area contributed by atoms with Crippen molar-refractivity contribution in [3.63, 3.8) is 0 Å². The van der Waals surface area contributed by atoms with Crippen molar-refractivity contribution in [3.8, 4) is 11.5 Å². The number of hydrogen-bond acceptors (Lipinski definition) is 6. The molecule has 0 aliphatic carbocycles. The van der Waals surface area contributed by atoms with Gasteiger partial charge in [0, 0.05) is 23.6 Å². The third-order valence-electron chi connectivity index (χ3n) is 3.29. The summed E-state index contributed by atoms with van der Waals surface area (Å²) in [5, 5.41) is 12.3. The Morgan fingerprint density at radius 1 is 1.27 bits per heavy atom. The van der Waals surface area contributed by atoms with Crippen molar-refractivity contribution < 1.29 is 17.6 Å². The molecule has 116 valence electrons. The molecule has 0 spiro atoms. The minimum atomic E-state index is -3.79. The van der Waals surface area contributed by atoms with E-state index in [9.17, 15) is 13.2 Å². The van der Waals surface area contributed by atoms with Crippen LogP contribution in [0.25, 0.3) is 11.5 Å². The van der Waals surface area contributed by atoms with Gasteiger partial charge in [0.05, 0.1) is 0 Å². The van der Waals surface area contributed by atoms with E-state index >= 15 is 0 Å². The fraction of sp³-hybridized carbons (Fsp3) is 0.250. The number of rotatable bonds is 3. The Labute approximate surface area is 130 Å². The van der Waals surface area contributed by atoms with E-state index < -0.39 is 21.2 Å². The molecule has 0 saturated carbocycles. The van der Waals surface area contributed by atoms with E-state index in [4.69, 9.17) is 21.2 Å². The molecule has 1 fully saturated rings. The van der Waals surface area contributed by atoms with Crippen LogP contribution in [0.4, 0.5) is 6.01 Å². The van der Waals surface area contributed by atoms with E-state index in [1.165, 1.54) is 0 Å². The summed E-state index contributed by atoms with van der Waals surface area (Å²) in [5.41, 5.74) is 0.637. The number of amides is 1. The maximum atomic E-state index is 11.9. The topological polar surface area (TPSA) is 119 Å². The lowest BCUT2D eigenvalue weighted by Crippen LogP contribution is -2.32. The Hall–Kier alpha value is -1.97. The van der Waals surface area contributed by atoms with Crippen LogP contribution in [0.1, 0.15) is 6.42 Å². The van der Waals surface area contributed by atoms with Crippen molar-refractivity contribution in [2.75, 3.05) is 11.4 Å². The predicted molar refractivity (Wildman–Crippen MR) is 78.6 cm³/mol. The third kappa shape index (κ3) is 2.82. The smallest absolute Gasteiger partial charge is 0.325 e. The van der Waals surface area contributed by atoms with Gasteiger partial charge in [-0.25, -0.2) is 13.6 Å². The van der Waals surface area contributed by atoms with Crippen LogP contribution in [0, 0.1) is 0 Å². The van der Waals surface area contributed by atoms with E-state index in [2.05, 4.69) is 10.2 Å². The molecule has 0 bridgehead atoms. The fourth-order valence-electron chi connectivity index (χ4n) is 2.11. The van der Waals surface area contributed by atoms with Crippen LogP contribution in [-0.2, 0) is 14.8 Å². The van der Waals surface area contributed by atoms with Crippen molar-refractivity contribution in [2.45, 2.75) is 11.7 Å². The second kappa shape index (κ2) is 5.34. The second-order valence-electron chi connectivity index (χ2n) is 4.82. The second-order valence-corrected chi connectivity index (χ2v) is 7.10. The first-order valence-electron chi connectivity index (χ1n) is 6.26. The molecule has 1 saturated heterocycles. The number of nitrogens with zero attached hydrogens (tertiary/aromatic N) is 3. The molecular formula is C12H11ClN4O4S. The summed E-state index contributed by atoms with van der Waals surface area (Å²) in [7, 11) is -3.79. The molecule has 1 aromatic heterocycles. The number of benzene rings is 1. The molecule has 0 radical (unpaired) electrons. The van der Waals surface area contributed by atoms with Gasteiger partial charge >= 0.3 is 6.01 Å². The molecule has 1 aliphatic heterocycles.